The first-order chi connectivity index (χ1) is 20.9. The minimum Gasteiger partial charge on any atom is -0.507 e. The lowest BCUT2D eigenvalue weighted by molar-refractivity contribution is -0.132. The smallest absolute Gasteiger partial charge is 0.300 e. The van der Waals surface area contributed by atoms with Crippen LogP contribution in [-0.4, -0.2) is 37.6 Å². The highest BCUT2D eigenvalue weighted by molar-refractivity contribution is 6.51. The van der Waals surface area contributed by atoms with Gasteiger partial charge in [0.05, 0.1) is 32.4 Å². The Balaban J connectivity index is 1.61. The molecule has 8 nitrogen and oxygen atoms in total. The fraction of sp³-hybridized carbons (Fsp3) is 0.200. The van der Waals surface area contributed by atoms with Gasteiger partial charge in [0.1, 0.15) is 23.9 Å². The van der Waals surface area contributed by atoms with Crippen molar-refractivity contribution in [2.45, 2.75) is 26.5 Å². The fourth-order valence-corrected chi connectivity index (χ4v) is 5.16. The van der Waals surface area contributed by atoms with Crippen LogP contribution < -0.4 is 23.8 Å². The maximum absolute atomic E-state index is 13.7. The Morgan fingerprint density at radius 1 is 0.814 bits per heavy atom. The molecule has 1 atom stereocenters. The second-order valence-corrected chi connectivity index (χ2v) is 9.97. The summed E-state index contributed by atoms with van der Waals surface area (Å²) >= 11 is 0. The minimum atomic E-state index is -0.952. The van der Waals surface area contributed by atoms with Crippen LogP contribution in [0, 0.1) is 6.92 Å². The number of Topliss-reactive ketones (excluding diaryl/α,β-unsaturated/α-hetero) is 1. The Morgan fingerprint density at radius 3 is 2.28 bits per heavy atom. The molecular formula is C35H33NO7. The lowest BCUT2D eigenvalue weighted by Gasteiger charge is -2.26. The lowest BCUT2D eigenvalue weighted by Crippen LogP contribution is -2.29. The van der Waals surface area contributed by atoms with Crippen LogP contribution in [0.5, 0.6) is 23.0 Å². The number of nitrogens with zero attached hydrogens (tertiary/aromatic N) is 1. The molecule has 1 heterocycles. The van der Waals surface area contributed by atoms with E-state index in [1.165, 1.54) is 19.1 Å². The number of anilines is 1. The topological polar surface area (TPSA) is 94.5 Å². The quantitative estimate of drug-likeness (QED) is 0.128. The highest BCUT2D eigenvalue weighted by Crippen LogP contribution is 2.45. The summed E-state index contributed by atoms with van der Waals surface area (Å²) in [6, 6.07) is 26.1. The van der Waals surface area contributed by atoms with Gasteiger partial charge in [-0.15, -0.1) is 0 Å². The van der Waals surface area contributed by atoms with Crippen molar-refractivity contribution >= 4 is 23.1 Å². The SMILES string of the molecule is CCOc1cc(C2/C(=C(/O)c3ccc(OCc4ccccc4)c(C)c3)C(=O)C(=O)N2c2cccc(OC)c2)ccc1OC. The minimum absolute atomic E-state index is 0.0437. The molecule has 1 unspecified atom stereocenters. The molecule has 4 aromatic rings. The van der Waals surface area contributed by atoms with Gasteiger partial charge in [0.15, 0.2) is 11.5 Å². The van der Waals surface area contributed by atoms with E-state index < -0.39 is 17.7 Å². The van der Waals surface area contributed by atoms with Crippen LogP contribution in [0.1, 0.15) is 35.2 Å². The van der Waals surface area contributed by atoms with Gasteiger partial charge in [0.2, 0.25) is 0 Å². The standard InChI is InChI=1S/C35H33NO7/c1-5-42-30-19-24(14-17-29(30)41-4)32-31(34(38)35(39)36(32)26-12-9-13-27(20-26)40-3)33(37)25-15-16-28(22(2)18-25)43-21-23-10-7-6-8-11-23/h6-20,32,37H,5,21H2,1-4H3/b33-31-. The molecule has 8 heteroatoms. The molecule has 1 amide bonds. The number of rotatable bonds is 10. The van der Waals surface area contributed by atoms with Gasteiger partial charge >= 0.3 is 0 Å². The Labute approximate surface area is 250 Å². The van der Waals surface area contributed by atoms with Crippen molar-refractivity contribution in [2.24, 2.45) is 0 Å². The highest BCUT2D eigenvalue weighted by Gasteiger charge is 2.47. The number of methoxy groups -OCH3 is 2. The van der Waals surface area contributed by atoms with E-state index in [2.05, 4.69) is 0 Å². The van der Waals surface area contributed by atoms with Crippen LogP contribution in [0.25, 0.3) is 5.76 Å². The van der Waals surface area contributed by atoms with Crippen molar-refractivity contribution < 1.29 is 33.6 Å². The number of hydrogen-bond acceptors (Lipinski definition) is 7. The average molecular weight is 580 g/mol. The van der Waals surface area contributed by atoms with Gasteiger partial charge in [-0.25, -0.2) is 0 Å². The van der Waals surface area contributed by atoms with Gasteiger partial charge in [0.25, 0.3) is 11.7 Å². The number of amides is 1. The molecule has 5 rings (SSSR count). The molecule has 1 fully saturated rings. The van der Waals surface area contributed by atoms with E-state index in [9.17, 15) is 14.7 Å². The Morgan fingerprint density at radius 2 is 1.58 bits per heavy atom. The molecule has 0 radical (unpaired) electrons. The number of ether oxygens (including phenoxy) is 4. The van der Waals surface area contributed by atoms with Crippen LogP contribution >= 0.6 is 0 Å². The molecule has 1 aliphatic rings. The maximum atomic E-state index is 13.7. The number of ketones is 1. The number of aryl methyl sites for hydroxylation is 1. The average Bonchev–Trinajstić information content (AvgIpc) is 3.30. The highest BCUT2D eigenvalue weighted by atomic mass is 16.5. The number of benzene rings is 4. The van der Waals surface area contributed by atoms with Crippen molar-refractivity contribution in [3.8, 4) is 23.0 Å². The summed E-state index contributed by atoms with van der Waals surface area (Å²) in [7, 11) is 3.06. The van der Waals surface area contributed by atoms with Crippen molar-refractivity contribution in [1.29, 1.82) is 0 Å². The summed E-state index contributed by atoms with van der Waals surface area (Å²) in [4.78, 5) is 28.7. The third-order valence-corrected chi connectivity index (χ3v) is 7.26. The first-order valence-electron chi connectivity index (χ1n) is 13.9. The Kier molecular flexibility index (Phi) is 8.66. The van der Waals surface area contributed by atoms with Gasteiger partial charge in [-0.2, -0.15) is 0 Å². The van der Waals surface area contributed by atoms with Crippen molar-refractivity contribution in [1.82, 2.24) is 0 Å². The Hall–Kier alpha value is -5.24. The second-order valence-electron chi connectivity index (χ2n) is 9.97. The van der Waals surface area contributed by atoms with Crippen LogP contribution in [0.4, 0.5) is 5.69 Å². The summed E-state index contributed by atoms with van der Waals surface area (Å²) in [5.41, 5.74) is 3.14. The predicted octanol–water partition coefficient (Wildman–Crippen LogP) is 6.62. The van der Waals surface area contributed by atoms with Gasteiger partial charge in [-0.05, 0) is 73.0 Å². The summed E-state index contributed by atoms with van der Waals surface area (Å²) in [5, 5.41) is 11.7. The van der Waals surface area contributed by atoms with Crippen molar-refractivity contribution in [3.63, 3.8) is 0 Å². The summed E-state index contributed by atoms with van der Waals surface area (Å²) in [6.07, 6.45) is 0. The molecule has 0 saturated carbocycles. The van der Waals surface area contributed by atoms with Crippen molar-refractivity contribution in [3.05, 3.63) is 119 Å². The van der Waals surface area contributed by atoms with Gasteiger partial charge in [-0.3, -0.25) is 14.5 Å². The monoisotopic (exact) mass is 579 g/mol. The number of carbonyl (C=O) groups excluding carboxylic acids is 2. The normalized spacial score (nSPS) is 15.8. The molecule has 0 aromatic heterocycles. The largest absolute Gasteiger partial charge is 0.507 e. The first kappa shape index (κ1) is 29.3. The van der Waals surface area contributed by atoms with Crippen LogP contribution in [0.3, 0.4) is 0 Å². The van der Waals surface area contributed by atoms with E-state index in [-0.39, 0.29) is 11.3 Å². The van der Waals surface area contributed by atoms with E-state index in [4.69, 9.17) is 18.9 Å². The molecular weight excluding hydrogens is 546 g/mol. The third kappa shape index (κ3) is 5.90. The zero-order chi connectivity index (χ0) is 30.5. The molecule has 0 spiro atoms. The number of aliphatic hydroxyl groups is 1. The molecule has 1 saturated heterocycles. The molecule has 0 aliphatic carbocycles. The molecule has 1 N–H and O–H groups in total. The van der Waals surface area contributed by atoms with Gasteiger partial charge in [0, 0.05) is 17.3 Å². The van der Waals surface area contributed by atoms with E-state index in [1.54, 1.807) is 60.7 Å². The Bertz CT molecular complexity index is 1680. The van der Waals surface area contributed by atoms with Crippen LogP contribution in [0.15, 0.2) is 96.6 Å². The predicted molar refractivity (Wildman–Crippen MR) is 164 cm³/mol. The number of aliphatic hydroxyl groups excluding tert-OH is 1. The van der Waals surface area contributed by atoms with Gasteiger partial charge < -0.3 is 24.1 Å². The lowest BCUT2D eigenvalue weighted by atomic mass is 9.94. The number of carbonyl (C=O) groups is 2. The molecule has 4 aromatic carbocycles. The van der Waals surface area contributed by atoms with E-state index in [0.717, 1.165) is 11.1 Å². The third-order valence-electron chi connectivity index (χ3n) is 7.26. The summed E-state index contributed by atoms with van der Waals surface area (Å²) in [6.45, 7) is 4.48. The summed E-state index contributed by atoms with van der Waals surface area (Å²) in [5.74, 6) is 0.254. The summed E-state index contributed by atoms with van der Waals surface area (Å²) < 4.78 is 22.6. The van der Waals surface area contributed by atoms with Crippen LogP contribution in [-0.2, 0) is 16.2 Å². The molecule has 43 heavy (non-hydrogen) atoms. The molecule has 0 bridgehead atoms. The first-order valence-corrected chi connectivity index (χ1v) is 13.9. The van der Waals surface area contributed by atoms with Crippen molar-refractivity contribution in [2.75, 3.05) is 25.7 Å². The zero-order valence-corrected chi connectivity index (χ0v) is 24.5. The van der Waals surface area contributed by atoms with Gasteiger partial charge in [-0.1, -0.05) is 42.5 Å². The molecule has 1 aliphatic heterocycles. The van der Waals surface area contributed by atoms with E-state index in [0.29, 0.717) is 53.0 Å². The second kappa shape index (κ2) is 12.7. The van der Waals surface area contributed by atoms with Crippen LogP contribution in [0.2, 0.25) is 0 Å². The zero-order valence-electron chi connectivity index (χ0n) is 24.5. The maximum Gasteiger partial charge on any atom is 0.300 e. The van der Waals surface area contributed by atoms with E-state index in [1.807, 2.05) is 44.2 Å². The molecule has 220 valence electrons. The fourth-order valence-electron chi connectivity index (χ4n) is 5.16. The number of hydrogen-bond donors (Lipinski definition) is 1. The van der Waals surface area contributed by atoms with E-state index >= 15 is 0 Å².